The molecule has 0 atom stereocenters. The number of oxazole rings is 1. The molecular formula is C17H15NO6. The Morgan fingerprint density at radius 3 is 2.75 bits per heavy atom. The van der Waals surface area contributed by atoms with E-state index in [1.165, 1.54) is 13.2 Å². The standard InChI is InChI=1S/C17H15NO6/c1-21-17(20)14-7-6-11(23-14)10-22-16(19)9-8-15-18-12-4-2-3-5-13(12)24-15/h2-7H,8-10H2,1H3. The van der Waals surface area contributed by atoms with E-state index in [0.29, 0.717) is 23.7 Å². The second-order valence-electron chi connectivity index (χ2n) is 4.99. The Morgan fingerprint density at radius 1 is 1.12 bits per heavy atom. The number of hydrogen-bond donors (Lipinski definition) is 0. The zero-order valence-corrected chi connectivity index (χ0v) is 13.0. The third-order valence-corrected chi connectivity index (χ3v) is 3.30. The molecule has 0 amide bonds. The molecule has 0 aliphatic carbocycles. The maximum Gasteiger partial charge on any atom is 0.373 e. The van der Waals surface area contributed by atoms with E-state index in [9.17, 15) is 9.59 Å². The first-order valence-electron chi connectivity index (χ1n) is 7.33. The second kappa shape index (κ2) is 6.99. The molecule has 0 bridgehead atoms. The molecule has 2 aromatic heterocycles. The fraction of sp³-hybridized carbons (Fsp3) is 0.235. The van der Waals surface area contributed by atoms with Gasteiger partial charge in [0.25, 0.3) is 0 Å². The lowest BCUT2D eigenvalue weighted by Crippen LogP contribution is -2.05. The fourth-order valence-electron chi connectivity index (χ4n) is 2.13. The van der Waals surface area contributed by atoms with Gasteiger partial charge in [0.15, 0.2) is 11.5 Å². The summed E-state index contributed by atoms with van der Waals surface area (Å²) < 4.78 is 20.4. The van der Waals surface area contributed by atoms with Gasteiger partial charge in [-0.15, -0.1) is 0 Å². The normalized spacial score (nSPS) is 10.7. The lowest BCUT2D eigenvalue weighted by Gasteiger charge is -2.01. The summed E-state index contributed by atoms with van der Waals surface area (Å²) in [5.41, 5.74) is 1.44. The summed E-state index contributed by atoms with van der Waals surface area (Å²) in [6.45, 7) is -0.0522. The van der Waals surface area contributed by atoms with Crippen molar-refractivity contribution in [2.75, 3.05) is 7.11 Å². The number of carbonyl (C=O) groups excluding carboxylic acids is 2. The molecule has 3 aromatic rings. The van der Waals surface area contributed by atoms with E-state index < -0.39 is 11.9 Å². The van der Waals surface area contributed by atoms with Crippen LogP contribution in [0.4, 0.5) is 0 Å². The summed E-state index contributed by atoms with van der Waals surface area (Å²) in [5.74, 6) is -0.0726. The minimum atomic E-state index is -0.580. The van der Waals surface area contributed by atoms with Crippen LogP contribution in [-0.2, 0) is 27.3 Å². The molecule has 3 rings (SSSR count). The second-order valence-corrected chi connectivity index (χ2v) is 4.99. The molecule has 0 unspecified atom stereocenters. The van der Waals surface area contributed by atoms with Crippen molar-refractivity contribution in [3.05, 3.63) is 53.8 Å². The number of esters is 2. The molecule has 124 valence electrons. The average molecular weight is 329 g/mol. The Hall–Kier alpha value is -3.09. The molecule has 0 aliphatic rings. The van der Waals surface area contributed by atoms with Crippen LogP contribution >= 0.6 is 0 Å². The van der Waals surface area contributed by atoms with E-state index in [-0.39, 0.29) is 18.8 Å². The van der Waals surface area contributed by atoms with Crippen LogP contribution in [0.5, 0.6) is 0 Å². The Morgan fingerprint density at radius 2 is 1.96 bits per heavy atom. The molecule has 0 N–H and O–H groups in total. The molecule has 0 aliphatic heterocycles. The predicted octanol–water partition coefficient (Wildman–Crippen LogP) is 2.88. The Labute approximate surface area is 137 Å². The molecule has 2 heterocycles. The fourth-order valence-corrected chi connectivity index (χ4v) is 2.13. The molecule has 7 nitrogen and oxygen atoms in total. The smallest absolute Gasteiger partial charge is 0.373 e. The highest BCUT2D eigenvalue weighted by Gasteiger charge is 2.13. The Bertz CT molecular complexity index is 830. The maximum absolute atomic E-state index is 11.8. The number of fused-ring (bicyclic) bond motifs is 1. The van der Waals surface area contributed by atoms with Crippen LogP contribution in [-0.4, -0.2) is 24.0 Å². The number of benzene rings is 1. The van der Waals surface area contributed by atoms with Gasteiger partial charge in [0, 0.05) is 6.42 Å². The van der Waals surface area contributed by atoms with Gasteiger partial charge in [0.05, 0.1) is 13.5 Å². The number of methoxy groups -OCH3 is 1. The van der Waals surface area contributed by atoms with E-state index in [4.69, 9.17) is 13.6 Å². The molecule has 1 aromatic carbocycles. The minimum absolute atomic E-state index is 0.0522. The van der Waals surface area contributed by atoms with Gasteiger partial charge in [0.2, 0.25) is 5.76 Å². The van der Waals surface area contributed by atoms with Gasteiger partial charge in [-0.2, -0.15) is 0 Å². The molecule has 7 heteroatoms. The molecule has 0 fully saturated rings. The number of aryl methyl sites for hydroxylation is 1. The number of aromatic nitrogens is 1. The summed E-state index contributed by atoms with van der Waals surface area (Å²) >= 11 is 0. The lowest BCUT2D eigenvalue weighted by molar-refractivity contribution is -0.145. The quantitative estimate of drug-likeness (QED) is 0.642. The van der Waals surface area contributed by atoms with Crippen molar-refractivity contribution in [3.8, 4) is 0 Å². The Kier molecular flexibility index (Phi) is 4.60. The number of carbonyl (C=O) groups is 2. The molecular weight excluding hydrogens is 314 g/mol. The topological polar surface area (TPSA) is 91.8 Å². The summed E-state index contributed by atoms with van der Waals surface area (Å²) in [5, 5.41) is 0. The van der Waals surface area contributed by atoms with Gasteiger partial charge in [0.1, 0.15) is 17.9 Å². The van der Waals surface area contributed by atoms with E-state index >= 15 is 0 Å². The van der Waals surface area contributed by atoms with Crippen LogP contribution in [0.25, 0.3) is 11.1 Å². The predicted molar refractivity (Wildman–Crippen MR) is 82.2 cm³/mol. The van der Waals surface area contributed by atoms with Crippen molar-refractivity contribution in [1.82, 2.24) is 4.98 Å². The number of para-hydroxylation sites is 2. The number of furan rings is 1. The van der Waals surface area contributed by atoms with Gasteiger partial charge in [-0.05, 0) is 24.3 Å². The number of nitrogens with zero attached hydrogens (tertiary/aromatic N) is 1. The van der Waals surface area contributed by atoms with Crippen molar-refractivity contribution in [2.45, 2.75) is 19.4 Å². The summed E-state index contributed by atoms with van der Waals surface area (Å²) in [7, 11) is 1.26. The van der Waals surface area contributed by atoms with Crippen LogP contribution < -0.4 is 0 Å². The monoisotopic (exact) mass is 329 g/mol. The molecule has 24 heavy (non-hydrogen) atoms. The van der Waals surface area contributed by atoms with E-state index in [1.54, 1.807) is 6.07 Å². The van der Waals surface area contributed by atoms with Gasteiger partial charge in [-0.25, -0.2) is 9.78 Å². The first-order valence-corrected chi connectivity index (χ1v) is 7.33. The highest BCUT2D eigenvalue weighted by molar-refractivity contribution is 5.86. The third-order valence-electron chi connectivity index (χ3n) is 3.30. The largest absolute Gasteiger partial charge is 0.463 e. The van der Waals surface area contributed by atoms with Crippen LogP contribution in [0, 0.1) is 0 Å². The third kappa shape index (κ3) is 3.62. The summed E-state index contributed by atoms with van der Waals surface area (Å²) in [6, 6.07) is 10.4. The Balaban J connectivity index is 1.49. The zero-order chi connectivity index (χ0) is 16.9. The summed E-state index contributed by atoms with van der Waals surface area (Å²) in [4.78, 5) is 27.3. The van der Waals surface area contributed by atoms with Crippen molar-refractivity contribution in [2.24, 2.45) is 0 Å². The van der Waals surface area contributed by atoms with Crippen molar-refractivity contribution in [1.29, 1.82) is 0 Å². The van der Waals surface area contributed by atoms with E-state index in [1.807, 2.05) is 24.3 Å². The lowest BCUT2D eigenvalue weighted by atomic mass is 10.3. The number of hydrogen-bond acceptors (Lipinski definition) is 7. The molecule has 0 saturated carbocycles. The van der Waals surface area contributed by atoms with Gasteiger partial charge >= 0.3 is 11.9 Å². The van der Waals surface area contributed by atoms with Crippen molar-refractivity contribution < 1.29 is 27.9 Å². The highest BCUT2D eigenvalue weighted by atomic mass is 16.5. The summed E-state index contributed by atoms with van der Waals surface area (Å²) in [6.07, 6.45) is 0.483. The minimum Gasteiger partial charge on any atom is -0.463 e. The molecule has 0 spiro atoms. The van der Waals surface area contributed by atoms with Crippen LogP contribution in [0.3, 0.4) is 0 Å². The van der Waals surface area contributed by atoms with Crippen molar-refractivity contribution >= 4 is 23.0 Å². The zero-order valence-electron chi connectivity index (χ0n) is 13.0. The first kappa shape index (κ1) is 15.8. The van der Waals surface area contributed by atoms with Gasteiger partial charge in [-0.1, -0.05) is 12.1 Å². The van der Waals surface area contributed by atoms with Crippen LogP contribution in [0.2, 0.25) is 0 Å². The van der Waals surface area contributed by atoms with Crippen LogP contribution in [0.15, 0.2) is 45.2 Å². The highest BCUT2D eigenvalue weighted by Crippen LogP contribution is 2.16. The van der Waals surface area contributed by atoms with Crippen molar-refractivity contribution in [3.63, 3.8) is 0 Å². The molecule has 0 radical (unpaired) electrons. The average Bonchev–Trinajstić information content (AvgIpc) is 3.23. The maximum atomic E-state index is 11.8. The number of rotatable bonds is 6. The number of ether oxygens (including phenoxy) is 2. The van der Waals surface area contributed by atoms with Crippen LogP contribution in [0.1, 0.15) is 28.6 Å². The van der Waals surface area contributed by atoms with E-state index in [2.05, 4.69) is 9.72 Å². The van der Waals surface area contributed by atoms with Gasteiger partial charge in [-0.3, -0.25) is 4.79 Å². The van der Waals surface area contributed by atoms with E-state index in [0.717, 1.165) is 5.52 Å². The first-order chi connectivity index (χ1) is 11.7. The SMILES string of the molecule is COC(=O)c1ccc(COC(=O)CCc2nc3ccccc3o2)o1. The molecule has 0 saturated heterocycles. The van der Waals surface area contributed by atoms with Gasteiger partial charge < -0.3 is 18.3 Å².